The number of hydrogen-bond acceptors (Lipinski definition) is 6. The van der Waals surface area contributed by atoms with Crippen molar-refractivity contribution in [2.45, 2.75) is 38.3 Å². The van der Waals surface area contributed by atoms with E-state index in [2.05, 4.69) is 48.9 Å². The number of benzene rings is 1. The lowest BCUT2D eigenvalue weighted by Gasteiger charge is -2.32. The molecule has 36 heavy (non-hydrogen) atoms. The lowest BCUT2D eigenvalue weighted by Crippen LogP contribution is -2.34. The van der Waals surface area contributed by atoms with Gasteiger partial charge in [-0.25, -0.2) is 4.98 Å². The number of anilines is 1. The van der Waals surface area contributed by atoms with Crippen LogP contribution in [0.3, 0.4) is 0 Å². The third kappa shape index (κ3) is 5.93. The van der Waals surface area contributed by atoms with Crippen LogP contribution in [0.1, 0.15) is 42.4 Å². The van der Waals surface area contributed by atoms with E-state index in [9.17, 15) is 0 Å². The second-order valence-electron chi connectivity index (χ2n) is 9.56. The Morgan fingerprint density at radius 3 is 2.53 bits per heavy atom. The van der Waals surface area contributed by atoms with Crippen molar-refractivity contribution in [1.82, 2.24) is 30.0 Å². The van der Waals surface area contributed by atoms with Crippen LogP contribution in [-0.4, -0.2) is 57.4 Å². The minimum absolute atomic E-state index is 0. The molecule has 0 saturated carbocycles. The van der Waals surface area contributed by atoms with Gasteiger partial charge in [0.15, 0.2) is 5.82 Å². The van der Waals surface area contributed by atoms with Crippen molar-refractivity contribution in [3.05, 3.63) is 64.8 Å². The van der Waals surface area contributed by atoms with Gasteiger partial charge in [0.2, 0.25) is 0 Å². The Bertz CT molecular complexity index is 1110. The molecule has 1 aromatic carbocycles. The van der Waals surface area contributed by atoms with E-state index in [1.54, 1.807) is 0 Å². The van der Waals surface area contributed by atoms with Gasteiger partial charge in [-0.3, -0.25) is 9.47 Å². The standard InChI is InChI=1S/C25H30ClN7.3ClH/c26-21-4-5-22-20(13-21)16-31(15-18-6-10-27-14-18)17-24-29-30-25(33(22)24)19-7-11-32(12-8-19)23-3-1-2-9-28-23;;;/h1-5,9,13,18-19,27H,6-8,10-12,14-17H2;3*1H. The molecule has 0 aliphatic carbocycles. The van der Waals surface area contributed by atoms with Crippen LogP contribution < -0.4 is 10.2 Å². The molecule has 2 fully saturated rings. The largest absolute Gasteiger partial charge is 0.357 e. The number of piperidine rings is 1. The molecule has 3 aromatic rings. The molecule has 2 aromatic heterocycles. The Labute approximate surface area is 236 Å². The van der Waals surface area contributed by atoms with Crippen molar-refractivity contribution >= 4 is 54.6 Å². The average molecular weight is 573 g/mol. The predicted octanol–water partition coefficient (Wildman–Crippen LogP) is 4.89. The number of hydrogen-bond donors (Lipinski definition) is 1. The molecule has 0 radical (unpaired) electrons. The lowest BCUT2D eigenvalue weighted by atomic mass is 9.95. The van der Waals surface area contributed by atoms with Gasteiger partial charge >= 0.3 is 0 Å². The first-order chi connectivity index (χ1) is 16.2. The molecule has 5 heterocycles. The second kappa shape index (κ2) is 12.8. The summed E-state index contributed by atoms with van der Waals surface area (Å²) in [6.45, 7) is 6.99. The summed E-state index contributed by atoms with van der Waals surface area (Å²) in [6, 6.07) is 12.4. The fraction of sp³-hybridized carbons (Fsp3) is 0.480. The van der Waals surface area contributed by atoms with Crippen molar-refractivity contribution in [3.63, 3.8) is 0 Å². The van der Waals surface area contributed by atoms with E-state index in [1.807, 2.05) is 18.3 Å². The maximum absolute atomic E-state index is 6.43. The molecular formula is C25H33Cl4N7. The van der Waals surface area contributed by atoms with Crippen molar-refractivity contribution in [1.29, 1.82) is 0 Å². The number of fused-ring (bicyclic) bond motifs is 3. The van der Waals surface area contributed by atoms with Crippen LogP contribution in [0.25, 0.3) is 5.69 Å². The summed E-state index contributed by atoms with van der Waals surface area (Å²) < 4.78 is 2.33. The van der Waals surface area contributed by atoms with Crippen molar-refractivity contribution in [3.8, 4) is 5.69 Å². The number of nitrogens with zero attached hydrogens (tertiary/aromatic N) is 6. The van der Waals surface area contributed by atoms with Gasteiger partial charge in [0.05, 0.1) is 12.2 Å². The Kier molecular flexibility index (Phi) is 10.3. The van der Waals surface area contributed by atoms with Crippen molar-refractivity contribution in [2.75, 3.05) is 37.6 Å². The molecule has 6 rings (SSSR count). The minimum Gasteiger partial charge on any atom is -0.357 e. The summed E-state index contributed by atoms with van der Waals surface area (Å²) in [5.74, 6) is 4.29. The third-order valence-corrected chi connectivity index (χ3v) is 7.54. The Morgan fingerprint density at radius 2 is 1.81 bits per heavy atom. The van der Waals surface area contributed by atoms with Gasteiger partial charge in [-0.05, 0) is 74.2 Å². The summed E-state index contributed by atoms with van der Waals surface area (Å²) in [6.07, 6.45) is 5.21. The summed E-state index contributed by atoms with van der Waals surface area (Å²) in [7, 11) is 0. The van der Waals surface area contributed by atoms with E-state index in [-0.39, 0.29) is 37.2 Å². The normalized spacial score (nSPS) is 19.8. The van der Waals surface area contributed by atoms with Gasteiger partial charge in [-0.2, -0.15) is 0 Å². The van der Waals surface area contributed by atoms with E-state index in [0.29, 0.717) is 11.8 Å². The van der Waals surface area contributed by atoms with Crippen LogP contribution in [0.5, 0.6) is 0 Å². The monoisotopic (exact) mass is 571 g/mol. The molecule has 0 spiro atoms. The smallest absolute Gasteiger partial charge is 0.151 e. The molecule has 1 unspecified atom stereocenters. The second-order valence-corrected chi connectivity index (χ2v) is 10.00. The van der Waals surface area contributed by atoms with Crippen molar-refractivity contribution in [2.24, 2.45) is 5.92 Å². The van der Waals surface area contributed by atoms with E-state index in [1.165, 1.54) is 17.7 Å². The van der Waals surface area contributed by atoms with E-state index < -0.39 is 0 Å². The topological polar surface area (TPSA) is 62.1 Å². The van der Waals surface area contributed by atoms with Crippen molar-refractivity contribution < 1.29 is 0 Å². The zero-order valence-electron chi connectivity index (χ0n) is 20.1. The van der Waals surface area contributed by atoms with Gasteiger partial charge in [0.25, 0.3) is 0 Å². The predicted molar refractivity (Wildman–Crippen MR) is 152 cm³/mol. The van der Waals surface area contributed by atoms with E-state index >= 15 is 0 Å². The van der Waals surface area contributed by atoms with Crippen LogP contribution in [-0.2, 0) is 13.1 Å². The van der Waals surface area contributed by atoms with E-state index in [0.717, 1.165) is 81.1 Å². The molecule has 1 N–H and O–H groups in total. The lowest BCUT2D eigenvalue weighted by molar-refractivity contribution is 0.218. The van der Waals surface area contributed by atoms with Gasteiger partial charge in [-0.1, -0.05) is 17.7 Å². The number of halogens is 4. The summed E-state index contributed by atoms with van der Waals surface area (Å²) >= 11 is 6.43. The highest BCUT2D eigenvalue weighted by atomic mass is 35.5. The highest BCUT2D eigenvalue weighted by Crippen LogP contribution is 2.34. The first-order valence-electron chi connectivity index (χ1n) is 12.1. The molecular weight excluding hydrogens is 540 g/mol. The maximum atomic E-state index is 6.43. The molecule has 196 valence electrons. The molecule has 2 saturated heterocycles. The van der Waals surface area contributed by atoms with Gasteiger partial charge in [-0.15, -0.1) is 47.4 Å². The molecule has 1 atom stereocenters. The van der Waals surface area contributed by atoms with Crippen LogP contribution in [0.4, 0.5) is 5.82 Å². The SMILES string of the molecule is Cl.Cl.Cl.Clc1ccc2c(c1)CN(CC1CCNC1)Cc1nnc(C3CCN(c4ccccn4)CC3)n1-2. The number of pyridine rings is 1. The fourth-order valence-corrected chi connectivity index (χ4v) is 5.82. The first kappa shape index (κ1) is 29.0. The van der Waals surface area contributed by atoms with Crippen LogP contribution >= 0.6 is 48.8 Å². The van der Waals surface area contributed by atoms with Crippen LogP contribution in [0.15, 0.2) is 42.6 Å². The Morgan fingerprint density at radius 1 is 0.972 bits per heavy atom. The highest BCUT2D eigenvalue weighted by Gasteiger charge is 2.31. The molecule has 11 heteroatoms. The van der Waals surface area contributed by atoms with Gasteiger partial charge in [0, 0.05) is 43.3 Å². The molecule has 3 aliphatic heterocycles. The van der Waals surface area contributed by atoms with Gasteiger partial charge in [0.1, 0.15) is 11.6 Å². The molecule has 3 aliphatic rings. The third-order valence-electron chi connectivity index (χ3n) is 7.31. The summed E-state index contributed by atoms with van der Waals surface area (Å²) in [4.78, 5) is 9.43. The molecule has 0 amide bonds. The number of rotatable bonds is 4. The highest BCUT2D eigenvalue weighted by molar-refractivity contribution is 6.30. The minimum atomic E-state index is 0. The van der Waals surface area contributed by atoms with Gasteiger partial charge < -0.3 is 10.2 Å². The summed E-state index contributed by atoms with van der Waals surface area (Å²) in [5, 5.41) is 13.8. The van der Waals surface area contributed by atoms with Crippen LogP contribution in [0, 0.1) is 5.92 Å². The fourth-order valence-electron chi connectivity index (χ4n) is 5.63. The first-order valence-corrected chi connectivity index (χ1v) is 12.4. The van der Waals surface area contributed by atoms with E-state index in [4.69, 9.17) is 21.8 Å². The number of nitrogens with one attached hydrogen (secondary N) is 1. The Balaban J connectivity index is 0.00000120. The zero-order chi connectivity index (χ0) is 22.2. The molecule has 0 bridgehead atoms. The quantitative estimate of drug-likeness (QED) is 0.480. The Hall–Kier alpha value is -1.61. The number of aromatic nitrogens is 4. The molecule has 7 nitrogen and oxygen atoms in total. The zero-order valence-corrected chi connectivity index (χ0v) is 23.3. The average Bonchev–Trinajstić information content (AvgIpc) is 3.47. The summed E-state index contributed by atoms with van der Waals surface area (Å²) in [5.41, 5.74) is 2.45. The van der Waals surface area contributed by atoms with Crippen LogP contribution in [0.2, 0.25) is 5.02 Å². The maximum Gasteiger partial charge on any atom is 0.151 e.